The number of hydrogen-bond donors (Lipinski definition) is 1. The zero-order valence-electron chi connectivity index (χ0n) is 13.8. The van der Waals surface area contributed by atoms with Gasteiger partial charge >= 0.3 is 0 Å². The first-order valence-corrected chi connectivity index (χ1v) is 8.33. The van der Waals surface area contributed by atoms with Gasteiger partial charge in [-0.15, -0.1) is 0 Å². The van der Waals surface area contributed by atoms with E-state index in [2.05, 4.69) is 32.9 Å². The lowest BCUT2D eigenvalue weighted by atomic mass is 9.86. The van der Waals surface area contributed by atoms with Gasteiger partial charge in [0.2, 0.25) is 0 Å². The second-order valence-electron chi connectivity index (χ2n) is 7.43. The number of aliphatic hydroxyl groups is 1. The van der Waals surface area contributed by atoms with E-state index in [1.165, 1.54) is 37.7 Å². The highest BCUT2D eigenvalue weighted by Gasteiger charge is 2.16. The summed E-state index contributed by atoms with van der Waals surface area (Å²) in [5.74, 6) is 0.703. The van der Waals surface area contributed by atoms with E-state index < -0.39 is 6.10 Å². The molecule has 2 rings (SSSR count). The molecule has 1 aromatic carbocycles. The summed E-state index contributed by atoms with van der Waals surface area (Å²) in [5.41, 5.74) is 2.40. The van der Waals surface area contributed by atoms with E-state index in [1.807, 2.05) is 12.1 Å². The van der Waals surface area contributed by atoms with Crippen molar-refractivity contribution in [2.24, 2.45) is 5.92 Å². The average Bonchev–Trinajstić information content (AvgIpc) is 2.47. The third-order valence-corrected chi connectivity index (χ3v) is 4.52. The van der Waals surface area contributed by atoms with Gasteiger partial charge in [-0.1, -0.05) is 64.3 Å². The first-order chi connectivity index (χ1) is 9.97. The Labute approximate surface area is 129 Å². The molecule has 1 aliphatic rings. The molecule has 1 N–H and O–H groups in total. The minimum absolute atomic E-state index is 0.154. The van der Waals surface area contributed by atoms with Crippen LogP contribution in [-0.4, -0.2) is 18.3 Å². The molecule has 118 valence electrons. The number of hydrogen-bond acceptors (Lipinski definition) is 2. The van der Waals surface area contributed by atoms with E-state index in [4.69, 9.17) is 4.74 Å². The van der Waals surface area contributed by atoms with Crippen LogP contribution in [0.15, 0.2) is 24.3 Å². The van der Waals surface area contributed by atoms with Crippen molar-refractivity contribution in [3.63, 3.8) is 0 Å². The second-order valence-corrected chi connectivity index (χ2v) is 7.43. The smallest absolute Gasteiger partial charge is 0.102 e. The zero-order valence-corrected chi connectivity index (χ0v) is 13.8. The average molecular weight is 290 g/mol. The van der Waals surface area contributed by atoms with Crippen molar-refractivity contribution in [3.05, 3.63) is 35.4 Å². The molecular weight excluding hydrogens is 260 g/mol. The van der Waals surface area contributed by atoms with Crippen LogP contribution in [0.2, 0.25) is 0 Å². The third kappa shape index (κ3) is 5.12. The Hall–Kier alpha value is -0.860. The van der Waals surface area contributed by atoms with Crippen LogP contribution in [0.4, 0.5) is 0 Å². The summed E-state index contributed by atoms with van der Waals surface area (Å²) >= 11 is 0. The summed E-state index contributed by atoms with van der Waals surface area (Å²) in [5, 5.41) is 10.2. The van der Waals surface area contributed by atoms with Crippen molar-refractivity contribution in [1.82, 2.24) is 0 Å². The van der Waals surface area contributed by atoms with Crippen molar-refractivity contribution in [1.29, 1.82) is 0 Å². The number of benzene rings is 1. The lowest BCUT2D eigenvalue weighted by Gasteiger charge is -2.22. The Bertz CT molecular complexity index is 410. The van der Waals surface area contributed by atoms with Gasteiger partial charge in [0, 0.05) is 6.61 Å². The molecule has 21 heavy (non-hydrogen) atoms. The van der Waals surface area contributed by atoms with Crippen LogP contribution in [0.1, 0.15) is 70.1 Å². The monoisotopic (exact) mass is 290 g/mol. The Balaban J connectivity index is 1.78. The molecule has 0 heterocycles. The number of aliphatic hydroxyl groups excluding tert-OH is 1. The van der Waals surface area contributed by atoms with Crippen LogP contribution >= 0.6 is 0 Å². The van der Waals surface area contributed by atoms with Gasteiger partial charge in [-0.2, -0.15) is 0 Å². The van der Waals surface area contributed by atoms with E-state index in [1.54, 1.807) is 0 Å². The largest absolute Gasteiger partial charge is 0.386 e. The number of ether oxygens (including phenoxy) is 1. The minimum atomic E-state index is -0.511. The van der Waals surface area contributed by atoms with Crippen LogP contribution < -0.4 is 0 Å². The maximum Gasteiger partial charge on any atom is 0.102 e. The van der Waals surface area contributed by atoms with Crippen LogP contribution in [0.25, 0.3) is 0 Å². The summed E-state index contributed by atoms with van der Waals surface area (Å²) in [6.07, 6.45) is 6.12. The quantitative estimate of drug-likeness (QED) is 0.857. The molecule has 1 aliphatic carbocycles. The van der Waals surface area contributed by atoms with Gasteiger partial charge in [-0.3, -0.25) is 0 Å². The predicted octanol–water partition coefficient (Wildman–Crippen LogP) is 4.61. The highest BCUT2D eigenvalue weighted by molar-refractivity contribution is 5.28. The molecule has 1 aromatic rings. The summed E-state index contributed by atoms with van der Waals surface area (Å²) in [6.45, 7) is 7.81. The minimum Gasteiger partial charge on any atom is -0.386 e. The Morgan fingerprint density at radius 2 is 1.71 bits per heavy atom. The molecule has 0 spiro atoms. The highest BCUT2D eigenvalue weighted by Crippen LogP contribution is 2.25. The Morgan fingerprint density at radius 1 is 1.10 bits per heavy atom. The van der Waals surface area contributed by atoms with E-state index in [0.29, 0.717) is 12.5 Å². The maximum absolute atomic E-state index is 10.2. The summed E-state index contributed by atoms with van der Waals surface area (Å²) in [4.78, 5) is 0. The molecule has 2 heteroatoms. The fourth-order valence-electron chi connectivity index (χ4n) is 3.00. The van der Waals surface area contributed by atoms with Crippen molar-refractivity contribution >= 4 is 0 Å². The summed E-state index contributed by atoms with van der Waals surface area (Å²) in [6, 6.07) is 8.27. The molecule has 0 saturated heterocycles. The van der Waals surface area contributed by atoms with E-state index in [-0.39, 0.29) is 5.41 Å². The van der Waals surface area contributed by atoms with Crippen LogP contribution in [0.5, 0.6) is 0 Å². The predicted molar refractivity (Wildman–Crippen MR) is 87.5 cm³/mol. The van der Waals surface area contributed by atoms with Gasteiger partial charge in [0.1, 0.15) is 6.10 Å². The highest BCUT2D eigenvalue weighted by atomic mass is 16.5. The zero-order chi connectivity index (χ0) is 15.3. The van der Waals surface area contributed by atoms with Crippen LogP contribution in [-0.2, 0) is 10.2 Å². The molecular formula is C19H30O2. The van der Waals surface area contributed by atoms with Gasteiger partial charge in [0.05, 0.1) is 6.61 Å². The molecule has 1 saturated carbocycles. The maximum atomic E-state index is 10.2. The first-order valence-electron chi connectivity index (χ1n) is 8.33. The number of rotatable bonds is 5. The standard InChI is InChI=1S/C19H30O2/c1-19(2,3)17-11-9-16(10-12-17)18(20)14-21-13-15-7-5-4-6-8-15/h9-12,15,18,20H,4-8,13-14H2,1-3H3. The van der Waals surface area contributed by atoms with Crippen molar-refractivity contribution in [3.8, 4) is 0 Å². The Morgan fingerprint density at radius 3 is 2.29 bits per heavy atom. The molecule has 1 unspecified atom stereocenters. The fourth-order valence-corrected chi connectivity index (χ4v) is 3.00. The van der Waals surface area contributed by atoms with Gasteiger partial charge < -0.3 is 9.84 Å². The van der Waals surface area contributed by atoms with E-state index in [9.17, 15) is 5.11 Å². The summed E-state index contributed by atoms with van der Waals surface area (Å²) in [7, 11) is 0. The molecule has 0 aromatic heterocycles. The molecule has 1 atom stereocenters. The van der Waals surface area contributed by atoms with Crippen LogP contribution in [0.3, 0.4) is 0 Å². The van der Waals surface area contributed by atoms with Gasteiger partial charge in [-0.25, -0.2) is 0 Å². The molecule has 0 radical (unpaired) electrons. The first kappa shape index (κ1) is 16.5. The van der Waals surface area contributed by atoms with Gasteiger partial charge in [0.25, 0.3) is 0 Å². The summed E-state index contributed by atoms with van der Waals surface area (Å²) < 4.78 is 5.74. The van der Waals surface area contributed by atoms with E-state index >= 15 is 0 Å². The van der Waals surface area contributed by atoms with Crippen molar-refractivity contribution < 1.29 is 9.84 Å². The molecule has 1 fully saturated rings. The Kier molecular flexibility index (Phi) is 5.83. The molecule has 0 bridgehead atoms. The topological polar surface area (TPSA) is 29.5 Å². The van der Waals surface area contributed by atoms with Crippen molar-refractivity contribution in [2.75, 3.05) is 13.2 Å². The third-order valence-electron chi connectivity index (χ3n) is 4.52. The second kappa shape index (κ2) is 7.42. The van der Waals surface area contributed by atoms with Crippen molar-refractivity contribution in [2.45, 2.75) is 64.4 Å². The normalized spacial score (nSPS) is 18.7. The van der Waals surface area contributed by atoms with Gasteiger partial charge in [-0.05, 0) is 35.3 Å². The lowest BCUT2D eigenvalue weighted by molar-refractivity contribution is 0.0146. The molecule has 2 nitrogen and oxygen atoms in total. The van der Waals surface area contributed by atoms with Gasteiger partial charge in [0.15, 0.2) is 0 Å². The lowest BCUT2D eigenvalue weighted by Crippen LogP contribution is -2.16. The molecule has 0 aliphatic heterocycles. The fraction of sp³-hybridized carbons (Fsp3) is 0.684. The molecule has 0 amide bonds. The van der Waals surface area contributed by atoms with Crippen LogP contribution in [0, 0.1) is 5.92 Å². The SMILES string of the molecule is CC(C)(C)c1ccc(C(O)COCC2CCCCC2)cc1. The van der Waals surface area contributed by atoms with E-state index in [0.717, 1.165) is 12.2 Å².